The molecule has 2 aromatic carbocycles. The molecule has 0 radical (unpaired) electrons. The van der Waals surface area contributed by atoms with Crippen molar-refractivity contribution in [1.29, 1.82) is 0 Å². The van der Waals surface area contributed by atoms with Gasteiger partial charge in [0.1, 0.15) is 0 Å². The van der Waals surface area contributed by atoms with Crippen LogP contribution < -0.4 is 10.2 Å². The lowest BCUT2D eigenvalue weighted by molar-refractivity contribution is -0.159. The Morgan fingerprint density at radius 3 is 1.78 bits per heavy atom. The average molecular weight is 520 g/mol. The molecule has 11 heteroatoms. The molecule has 10 nitrogen and oxygen atoms in total. The lowest BCUT2D eigenvalue weighted by Gasteiger charge is -2.28. The van der Waals surface area contributed by atoms with Crippen molar-refractivity contribution in [3.63, 3.8) is 0 Å². The lowest BCUT2D eigenvalue weighted by atomic mass is 10.1. The molecule has 36 heavy (non-hydrogen) atoms. The number of nitrogens with one attached hydrogen (secondary N) is 1. The first-order valence-corrected chi connectivity index (χ1v) is 13.4. The molecule has 0 unspecified atom stereocenters. The van der Waals surface area contributed by atoms with Crippen LogP contribution in [0.15, 0.2) is 53.4 Å². The molecule has 2 saturated heterocycles. The SMILES string of the molecule is O=C(O)C(=O)O.O=S(=O)(c1ccc(CNCc2ccc(N3CCCCC3)cc2)cc1)N1CCOCC1. The first-order valence-electron chi connectivity index (χ1n) is 11.9. The molecule has 2 aliphatic heterocycles. The quantitative estimate of drug-likeness (QED) is 0.470. The van der Waals surface area contributed by atoms with E-state index in [4.69, 9.17) is 24.5 Å². The van der Waals surface area contributed by atoms with Crippen molar-refractivity contribution < 1.29 is 33.0 Å². The third-order valence-corrected chi connectivity index (χ3v) is 7.94. The number of hydrogen-bond donors (Lipinski definition) is 3. The predicted octanol–water partition coefficient (Wildman–Crippen LogP) is 2.14. The fourth-order valence-electron chi connectivity index (χ4n) is 4.04. The van der Waals surface area contributed by atoms with Crippen LogP contribution in [0.5, 0.6) is 0 Å². The number of piperidine rings is 1. The number of nitrogens with zero attached hydrogens (tertiary/aromatic N) is 2. The van der Waals surface area contributed by atoms with Crippen molar-refractivity contribution in [3.05, 3.63) is 59.7 Å². The van der Waals surface area contributed by atoms with E-state index < -0.39 is 22.0 Å². The van der Waals surface area contributed by atoms with E-state index in [1.807, 2.05) is 12.1 Å². The van der Waals surface area contributed by atoms with Gasteiger partial charge in [0, 0.05) is 45.0 Å². The monoisotopic (exact) mass is 519 g/mol. The molecule has 2 heterocycles. The van der Waals surface area contributed by atoms with Crippen molar-refractivity contribution in [2.24, 2.45) is 0 Å². The van der Waals surface area contributed by atoms with E-state index in [0.29, 0.717) is 37.7 Å². The smallest absolute Gasteiger partial charge is 0.414 e. The van der Waals surface area contributed by atoms with Crippen LogP contribution in [-0.4, -0.2) is 74.3 Å². The van der Waals surface area contributed by atoms with Crippen molar-refractivity contribution in [1.82, 2.24) is 9.62 Å². The molecule has 0 saturated carbocycles. The molecule has 0 aromatic heterocycles. The molecule has 2 aromatic rings. The van der Waals surface area contributed by atoms with Gasteiger partial charge in [-0.2, -0.15) is 4.31 Å². The second kappa shape index (κ2) is 13.4. The van der Waals surface area contributed by atoms with Crippen LogP contribution in [0.25, 0.3) is 0 Å². The van der Waals surface area contributed by atoms with Crippen molar-refractivity contribution >= 4 is 27.6 Å². The Labute approximate surface area is 211 Å². The number of aliphatic carboxylic acids is 2. The molecule has 196 valence electrons. The van der Waals surface area contributed by atoms with Gasteiger partial charge in [-0.25, -0.2) is 18.0 Å². The Balaban J connectivity index is 0.000000538. The molecule has 2 aliphatic rings. The Morgan fingerprint density at radius 2 is 1.28 bits per heavy atom. The number of ether oxygens (including phenoxy) is 1. The molecule has 0 amide bonds. The molecule has 0 bridgehead atoms. The topological polar surface area (TPSA) is 136 Å². The Hall–Kier alpha value is -2.99. The van der Waals surface area contributed by atoms with E-state index in [0.717, 1.165) is 25.2 Å². The molecule has 0 atom stereocenters. The summed E-state index contributed by atoms with van der Waals surface area (Å²) in [6, 6.07) is 16.0. The van der Waals surface area contributed by atoms with E-state index in [9.17, 15) is 8.42 Å². The summed E-state index contributed by atoms with van der Waals surface area (Å²) >= 11 is 0. The van der Waals surface area contributed by atoms with Crippen molar-refractivity contribution in [2.75, 3.05) is 44.3 Å². The zero-order valence-corrected chi connectivity index (χ0v) is 21.0. The lowest BCUT2D eigenvalue weighted by Crippen LogP contribution is -2.40. The Bertz CT molecular complexity index is 1080. The van der Waals surface area contributed by atoms with Crippen molar-refractivity contribution in [3.8, 4) is 0 Å². The normalized spacial score (nSPS) is 16.6. The number of morpholine rings is 1. The second-order valence-corrected chi connectivity index (χ2v) is 10.5. The van der Waals surface area contributed by atoms with Gasteiger partial charge in [0.25, 0.3) is 0 Å². The summed E-state index contributed by atoms with van der Waals surface area (Å²) in [5, 5.41) is 18.2. The molecule has 2 fully saturated rings. The number of carboxylic acid groups (broad SMARTS) is 2. The highest BCUT2D eigenvalue weighted by Gasteiger charge is 2.26. The number of rotatable bonds is 7. The molecule has 4 rings (SSSR count). The maximum atomic E-state index is 12.7. The maximum Gasteiger partial charge on any atom is 0.414 e. The number of carbonyl (C=O) groups is 2. The fourth-order valence-corrected chi connectivity index (χ4v) is 5.45. The summed E-state index contributed by atoms with van der Waals surface area (Å²) in [5.74, 6) is -3.65. The highest BCUT2D eigenvalue weighted by molar-refractivity contribution is 7.89. The van der Waals surface area contributed by atoms with Crippen LogP contribution in [0.1, 0.15) is 30.4 Å². The summed E-state index contributed by atoms with van der Waals surface area (Å²) in [4.78, 5) is 21.0. The number of anilines is 1. The molecule has 0 aliphatic carbocycles. The molecule has 3 N–H and O–H groups in total. The highest BCUT2D eigenvalue weighted by Crippen LogP contribution is 2.20. The van der Waals surface area contributed by atoms with Gasteiger partial charge in [-0.1, -0.05) is 24.3 Å². The number of carboxylic acids is 2. The van der Waals surface area contributed by atoms with Gasteiger partial charge in [0.05, 0.1) is 18.1 Å². The molecular formula is C25H33N3O7S. The first kappa shape index (κ1) is 27.6. The summed E-state index contributed by atoms with van der Waals surface area (Å²) in [5.41, 5.74) is 3.64. The zero-order valence-electron chi connectivity index (χ0n) is 20.1. The van der Waals surface area contributed by atoms with Gasteiger partial charge >= 0.3 is 11.9 Å². The van der Waals surface area contributed by atoms with E-state index in [-0.39, 0.29) is 0 Å². The predicted molar refractivity (Wildman–Crippen MR) is 134 cm³/mol. The van der Waals surface area contributed by atoms with Crippen LogP contribution in [0.4, 0.5) is 5.69 Å². The number of hydrogen-bond acceptors (Lipinski definition) is 7. The minimum absolute atomic E-state index is 0.349. The average Bonchev–Trinajstić information content (AvgIpc) is 2.91. The van der Waals surface area contributed by atoms with Gasteiger partial charge in [-0.05, 0) is 54.7 Å². The first-order chi connectivity index (χ1) is 17.3. The largest absolute Gasteiger partial charge is 0.473 e. The van der Waals surface area contributed by atoms with Crippen LogP contribution in [0.2, 0.25) is 0 Å². The van der Waals surface area contributed by atoms with Crippen LogP contribution in [0, 0.1) is 0 Å². The molecular weight excluding hydrogens is 486 g/mol. The fraction of sp³-hybridized carbons (Fsp3) is 0.440. The second-order valence-electron chi connectivity index (χ2n) is 8.59. The minimum Gasteiger partial charge on any atom is -0.473 e. The standard InChI is InChI=1S/C23H31N3O3S.C2H2O4/c27-30(28,26-14-16-29-17-15-26)23-10-6-21(7-11-23)19-24-18-20-4-8-22(9-5-20)25-12-2-1-3-13-25;3-1(4)2(5)6/h4-11,24H,1-3,12-19H2;(H,3,4)(H,5,6). The Morgan fingerprint density at radius 1 is 0.778 bits per heavy atom. The van der Waals surface area contributed by atoms with Gasteiger partial charge in [0.2, 0.25) is 10.0 Å². The maximum absolute atomic E-state index is 12.7. The third kappa shape index (κ3) is 8.02. The van der Waals surface area contributed by atoms with E-state index in [1.165, 1.54) is 34.8 Å². The van der Waals surface area contributed by atoms with Crippen molar-refractivity contribution in [2.45, 2.75) is 37.2 Å². The molecule has 0 spiro atoms. The highest BCUT2D eigenvalue weighted by atomic mass is 32.2. The van der Waals surface area contributed by atoms with Crippen LogP contribution in [0.3, 0.4) is 0 Å². The third-order valence-electron chi connectivity index (χ3n) is 6.03. The van der Waals surface area contributed by atoms with Crippen LogP contribution in [-0.2, 0) is 37.4 Å². The van der Waals surface area contributed by atoms with E-state index >= 15 is 0 Å². The van der Waals surface area contributed by atoms with E-state index in [1.54, 1.807) is 12.1 Å². The van der Waals surface area contributed by atoms with Gasteiger partial charge in [0.15, 0.2) is 0 Å². The number of sulfonamides is 1. The van der Waals surface area contributed by atoms with Crippen LogP contribution >= 0.6 is 0 Å². The summed E-state index contributed by atoms with van der Waals surface area (Å²) in [6.07, 6.45) is 3.92. The Kier molecular flexibility index (Phi) is 10.2. The zero-order chi connectivity index (χ0) is 26.0. The summed E-state index contributed by atoms with van der Waals surface area (Å²) in [6.45, 7) is 5.56. The van der Waals surface area contributed by atoms with Gasteiger partial charge in [-0.3, -0.25) is 0 Å². The van der Waals surface area contributed by atoms with Gasteiger partial charge < -0.3 is 25.2 Å². The summed E-state index contributed by atoms with van der Waals surface area (Å²) < 4.78 is 32.1. The number of benzene rings is 2. The van der Waals surface area contributed by atoms with Gasteiger partial charge in [-0.15, -0.1) is 0 Å². The minimum atomic E-state index is -3.43. The summed E-state index contributed by atoms with van der Waals surface area (Å²) in [7, 11) is -3.43. The van der Waals surface area contributed by atoms with E-state index in [2.05, 4.69) is 34.5 Å².